The molecule has 1 atom stereocenters. The summed E-state index contributed by atoms with van der Waals surface area (Å²) < 4.78 is 76.0. The van der Waals surface area contributed by atoms with Gasteiger partial charge in [0.05, 0.1) is 0 Å². The zero-order valence-electron chi connectivity index (χ0n) is 10.1. The first-order valence-electron chi connectivity index (χ1n) is 5.36. The van der Waals surface area contributed by atoms with E-state index in [1.165, 1.54) is 6.08 Å². The second-order valence-corrected chi connectivity index (χ2v) is 5.06. The Labute approximate surface area is 105 Å². The lowest BCUT2D eigenvalue weighted by molar-refractivity contribution is -0.312. The lowest BCUT2D eigenvalue weighted by Crippen LogP contribution is -2.45. The number of esters is 1. The monoisotopic (exact) mass is 290 g/mol. The van der Waals surface area contributed by atoms with Gasteiger partial charge < -0.3 is 4.74 Å². The molecular formula is C11H12F6O2. The van der Waals surface area contributed by atoms with Crippen LogP contribution in [-0.4, -0.2) is 24.4 Å². The average molecular weight is 290 g/mol. The summed E-state index contributed by atoms with van der Waals surface area (Å²) in [5, 5.41) is 0. The molecule has 0 radical (unpaired) electrons. The number of rotatable bonds is 3. The van der Waals surface area contributed by atoms with Gasteiger partial charge in [-0.25, -0.2) is 4.79 Å². The lowest BCUT2D eigenvalue weighted by Gasteiger charge is -2.22. The molecule has 2 nitrogen and oxygen atoms in total. The Hall–Kier alpha value is -1.21. The number of halogens is 6. The molecule has 0 aromatic rings. The molecule has 0 N–H and O–H groups in total. The predicted molar refractivity (Wildman–Crippen MR) is 53.0 cm³/mol. The van der Waals surface area contributed by atoms with Gasteiger partial charge in [-0.3, -0.25) is 0 Å². The molecule has 0 spiro atoms. The van der Waals surface area contributed by atoms with Crippen LogP contribution in [0, 0.1) is 11.3 Å². The SMILES string of the molecule is CC1(C)CC1/C=C/C(=O)OC(C(F)(F)F)C(F)(F)F. The number of alkyl halides is 6. The molecule has 1 rings (SSSR count). The van der Waals surface area contributed by atoms with Crippen molar-refractivity contribution >= 4 is 5.97 Å². The Balaban J connectivity index is 2.63. The van der Waals surface area contributed by atoms with Crippen molar-refractivity contribution in [2.75, 3.05) is 0 Å². The number of hydrogen-bond donors (Lipinski definition) is 0. The van der Waals surface area contributed by atoms with Gasteiger partial charge in [-0.15, -0.1) is 0 Å². The number of carbonyl (C=O) groups excluding carboxylic acids is 1. The maximum absolute atomic E-state index is 12.1. The summed E-state index contributed by atoms with van der Waals surface area (Å²) in [5.41, 5.74) is -0.0791. The van der Waals surface area contributed by atoms with Crippen molar-refractivity contribution in [2.45, 2.75) is 38.7 Å². The fourth-order valence-corrected chi connectivity index (χ4v) is 1.51. The first-order valence-corrected chi connectivity index (χ1v) is 5.36. The van der Waals surface area contributed by atoms with Gasteiger partial charge in [-0.1, -0.05) is 19.9 Å². The fourth-order valence-electron chi connectivity index (χ4n) is 1.51. The highest BCUT2D eigenvalue weighted by molar-refractivity contribution is 5.82. The molecule has 8 heteroatoms. The van der Waals surface area contributed by atoms with E-state index in [2.05, 4.69) is 4.74 Å². The van der Waals surface area contributed by atoms with E-state index in [0.717, 1.165) is 6.42 Å². The van der Waals surface area contributed by atoms with Crippen LogP contribution in [0.1, 0.15) is 20.3 Å². The maximum Gasteiger partial charge on any atom is 0.434 e. The van der Waals surface area contributed by atoms with Crippen molar-refractivity contribution in [2.24, 2.45) is 11.3 Å². The highest BCUT2D eigenvalue weighted by atomic mass is 19.4. The number of allylic oxidation sites excluding steroid dienone is 1. The molecule has 0 bridgehead atoms. The molecule has 1 aliphatic rings. The van der Waals surface area contributed by atoms with Gasteiger partial charge in [-0.2, -0.15) is 26.3 Å². The summed E-state index contributed by atoms with van der Waals surface area (Å²) in [5.74, 6) is -1.68. The largest absolute Gasteiger partial charge is 0.440 e. The molecular weight excluding hydrogens is 278 g/mol. The molecule has 0 aromatic carbocycles. The first kappa shape index (κ1) is 15.8. The van der Waals surface area contributed by atoms with Gasteiger partial charge in [-0.05, 0) is 17.8 Å². The third-order valence-electron chi connectivity index (χ3n) is 2.88. The van der Waals surface area contributed by atoms with Gasteiger partial charge in [0.1, 0.15) is 0 Å². The number of carbonyl (C=O) groups is 1. The van der Waals surface area contributed by atoms with Crippen LogP contribution >= 0.6 is 0 Å². The molecule has 0 amide bonds. The summed E-state index contributed by atoms with van der Waals surface area (Å²) in [6.07, 6.45) is -12.8. The molecule has 1 fully saturated rings. The van der Waals surface area contributed by atoms with Crippen LogP contribution in [0.2, 0.25) is 0 Å². The van der Waals surface area contributed by atoms with E-state index in [-0.39, 0.29) is 11.3 Å². The van der Waals surface area contributed by atoms with Gasteiger partial charge >= 0.3 is 18.3 Å². The second-order valence-electron chi connectivity index (χ2n) is 5.06. The van der Waals surface area contributed by atoms with E-state index >= 15 is 0 Å². The van der Waals surface area contributed by atoms with Crippen LogP contribution in [0.4, 0.5) is 26.3 Å². The molecule has 0 aromatic heterocycles. The van der Waals surface area contributed by atoms with E-state index in [1.54, 1.807) is 0 Å². The van der Waals surface area contributed by atoms with E-state index in [0.29, 0.717) is 6.08 Å². The van der Waals surface area contributed by atoms with Gasteiger partial charge in [0.2, 0.25) is 0 Å². The Kier molecular flexibility index (Phi) is 3.93. The number of ether oxygens (including phenoxy) is 1. The van der Waals surface area contributed by atoms with E-state index in [9.17, 15) is 31.1 Å². The third kappa shape index (κ3) is 4.43. The quantitative estimate of drug-likeness (QED) is 0.451. The van der Waals surface area contributed by atoms with Crippen LogP contribution < -0.4 is 0 Å². The van der Waals surface area contributed by atoms with Gasteiger partial charge in [0.25, 0.3) is 6.10 Å². The van der Waals surface area contributed by atoms with Gasteiger partial charge in [0.15, 0.2) is 0 Å². The molecule has 19 heavy (non-hydrogen) atoms. The maximum atomic E-state index is 12.1. The minimum atomic E-state index is -5.68. The van der Waals surface area contributed by atoms with Crippen LogP contribution in [0.15, 0.2) is 12.2 Å². The summed E-state index contributed by atoms with van der Waals surface area (Å²) in [7, 11) is 0. The minimum Gasteiger partial charge on any atom is -0.440 e. The second kappa shape index (κ2) is 4.72. The summed E-state index contributed by atoms with van der Waals surface area (Å²) in [6, 6.07) is 0. The number of hydrogen-bond acceptors (Lipinski definition) is 2. The molecule has 1 unspecified atom stereocenters. The van der Waals surface area contributed by atoms with E-state index < -0.39 is 24.4 Å². The lowest BCUT2D eigenvalue weighted by atomic mass is 10.1. The zero-order valence-corrected chi connectivity index (χ0v) is 10.1. The fraction of sp³-hybridized carbons (Fsp3) is 0.727. The van der Waals surface area contributed by atoms with Crippen LogP contribution in [0.25, 0.3) is 0 Å². The van der Waals surface area contributed by atoms with E-state index in [1.807, 2.05) is 13.8 Å². The van der Waals surface area contributed by atoms with Crippen molar-refractivity contribution in [3.63, 3.8) is 0 Å². The van der Waals surface area contributed by atoms with Gasteiger partial charge in [0, 0.05) is 6.08 Å². The normalized spacial score (nSPS) is 22.9. The molecule has 1 aliphatic carbocycles. The smallest absolute Gasteiger partial charge is 0.434 e. The standard InChI is InChI=1S/C11H12F6O2/c1-9(2)5-6(9)3-4-7(18)19-8(10(12,13)14)11(15,16)17/h3-4,6,8H,5H2,1-2H3/b4-3+. The van der Waals surface area contributed by atoms with Crippen LogP contribution in [0.5, 0.6) is 0 Å². The molecule has 0 aliphatic heterocycles. The Bertz CT molecular complexity index is 366. The third-order valence-corrected chi connectivity index (χ3v) is 2.88. The highest BCUT2D eigenvalue weighted by Gasteiger charge is 2.59. The van der Waals surface area contributed by atoms with Crippen molar-refractivity contribution in [1.29, 1.82) is 0 Å². The average Bonchev–Trinajstić information content (AvgIpc) is 2.76. The zero-order chi connectivity index (χ0) is 15.1. The van der Waals surface area contributed by atoms with Crippen molar-refractivity contribution in [3.8, 4) is 0 Å². The van der Waals surface area contributed by atoms with E-state index in [4.69, 9.17) is 0 Å². The van der Waals surface area contributed by atoms with Crippen LogP contribution in [0.3, 0.4) is 0 Å². The molecule has 0 saturated heterocycles. The Morgan fingerprint density at radius 1 is 1.21 bits per heavy atom. The molecule has 1 saturated carbocycles. The molecule has 0 heterocycles. The predicted octanol–water partition coefficient (Wildman–Crippen LogP) is 3.63. The van der Waals surface area contributed by atoms with Crippen LogP contribution in [-0.2, 0) is 9.53 Å². The topological polar surface area (TPSA) is 26.3 Å². The van der Waals surface area contributed by atoms with Crippen molar-refractivity contribution < 1.29 is 35.9 Å². The van der Waals surface area contributed by atoms with Crippen molar-refractivity contribution in [1.82, 2.24) is 0 Å². The first-order chi connectivity index (χ1) is 8.34. The summed E-state index contributed by atoms with van der Waals surface area (Å²) in [4.78, 5) is 11.0. The summed E-state index contributed by atoms with van der Waals surface area (Å²) >= 11 is 0. The Morgan fingerprint density at radius 2 is 1.63 bits per heavy atom. The summed E-state index contributed by atoms with van der Waals surface area (Å²) in [6.45, 7) is 3.73. The minimum absolute atomic E-state index is 0.0322. The highest BCUT2D eigenvalue weighted by Crippen LogP contribution is 2.52. The Morgan fingerprint density at radius 3 is 1.95 bits per heavy atom. The molecule has 110 valence electrons. The van der Waals surface area contributed by atoms with Crippen molar-refractivity contribution in [3.05, 3.63) is 12.2 Å².